The zero-order valence-electron chi connectivity index (χ0n) is 14.7. The predicted octanol–water partition coefficient (Wildman–Crippen LogP) is 5.91. The Labute approximate surface area is 146 Å². The average Bonchev–Trinajstić information content (AvgIpc) is 2.87. The third kappa shape index (κ3) is 2.64. The molecule has 120 valence electrons. The lowest BCUT2D eigenvalue weighted by atomic mass is 9.75. The number of hydrogen-bond acceptors (Lipinski definition) is 0. The molecule has 0 aliphatic heterocycles. The molecule has 0 N–H and O–H groups in total. The molecule has 0 aromatic heterocycles. The van der Waals surface area contributed by atoms with E-state index in [0.29, 0.717) is 0 Å². The zero-order chi connectivity index (χ0) is 17.2. The van der Waals surface area contributed by atoms with Gasteiger partial charge in [-0.3, -0.25) is 0 Å². The lowest BCUT2D eigenvalue weighted by Crippen LogP contribution is -2.21. The summed E-state index contributed by atoms with van der Waals surface area (Å²) in [6, 6.07) is 12.8. The first-order valence-corrected chi connectivity index (χ1v) is 8.86. The number of unbranched alkanes of at least 4 members (excludes halogenated alkanes) is 3. The molecule has 0 amide bonds. The van der Waals surface area contributed by atoms with Crippen LogP contribution in [0.2, 0.25) is 0 Å². The molecule has 0 nitrogen and oxygen atoms in total. The van der Waals surface area contributed by atoms with Crippen LogP contribution in [-0.2, 0) is 5.41 Å². The maximum absolute atomic E-state index is 5.65. The van der Waals surface area contributed by atoms with Crippen molar-refractivity contribution in [1.82, 2.24) is 0 Å². The summed E-state index contributed by atoms with van der Waals surface area (Å²) in [6.45, 7) is 4.60. The first-order chi connectivity index (χ1) is 11.6. The van der Waals surface area contributed by atoms with Crippen LogP contribution in [0, 0.1) is 24.7 Å². The minimum atomic E-state index is -0.00186. The van der Waals surface area contributed by atoms with Crippen LogP contribution in [0.1, 0.15) is 68.2 Å². The minimum Gasteiger partial charge on any atom is -0.115 e. The number of rotatable bonds is 5. The molecule has 3 rings (SSSR count). The molecule has 0 atom stereocenters. The molecule has 0 heteroatoms. The molecule has 1 aliphatic rings. The van der Waals surface area contributed by atoms with Gasteiger partial charge >= 0.3 is 0 Å². The Morgan fingerprint density at radius 1 is 0.833 bits per heavy atom. The monoisotopic (exact) mass is 312 g/mol. The zero-order valence-corrected chi connectivity index (χ0v) is 14.7. The van der Waals surface area contributed by atoms with Crippen LogP contribution >= 0.6 is 0 Å². The SMILES string of the molecule is C#Cc1ccc2c(c1)C(C)(CCCCCC)c1cc(C#C)ccc1-2. The van der Waals surface area contributed by atoms with E-state index in [1.54, 1.807) is 0 Å². The quantitative estimate of drug-likeness (QED) is 0.476. The largest absolute Gasteiger partial charge is 0.115 e. The summed E-state index contributed by atoms with van der Waals surface area (Å²) in [4.78, 5) is 0. The summed E-state index contributed by atoms with van der Waals surface area (Å²) < 4.78 is 0. The predicted molar refractivity (Wildman–Crippen MR) is 103 cm³/mol. The summed E-state index contributed by atoms with van der Waals surface area (Å²) in [5.41, 5.74) is 7.25. The highest BCUT2D eigenvalue weighted by atomic mass is 14.4. The second kappa shape index (κ2) is 6.59. The Bertz CT molecular complexity index is 776. The molecular formula is C24H24. The lowest BCUT2D eigenvalue weighted by molar-refractivity contribution is 0.487. The number of hydrogen-bond donors (Lipinski definition) is 0. The van der Waals surface area contributed by atoms with Crippen LogP contribution < -0.4 is 0 Å². The van der Waals surface area contributed by atoms with Gasteiger partial charge in [0.2, 0.25) is 0 Å². The standard InChI is InChI=1S/C24H24/c1-5-8-9-10-15-24(4)22-16-18(6-2)11-13-20(22)21-14-12-19(7-3)17-23(21)24/h2-3,11-14,16-17H,5,8-10,15H2,1,4H3. The second-order valence-electron chi connectivity index (χ2n) is 6.95. The topological polar surface area (TPSA) is 0 Å². The van der Waals surface area contributed by atoms with E-state index in [2.05, 4.69) is 50.0 Å². The summed E-state index contributed by atoms with van der Waals surface area (Å²) >= 11 is 0. The molecule has 0 heterocycles. The van der Waals surface area contributed by atoms with Gasteiger partial charge in [0.25, 0.3) is 0 Å². The molecule has 2 aromatic rings. The fraction of sp³-hybridized carbons (Fsp3) is 0.333. The highest BCUT2D eigenvalue weighted by Gasteiger charge is 2.38. The smallest absolute Gasteiger partial charge is 0.0246 e. The van der Waals surface area contributed by atoms with Crippen molar-refractivity contribution < 1.29 is 0 Å². The van der Waals surface area contributed by atoms with Gasteiger partial charge in [-0.25, -0.2) is 0 Å². The summed E-state index contributed by atoms with van der Waals surface area (Å²) in [7, 11) is 0. The molecule has 0 spiro atoms. The van der Waals surface area contributed by atoms with Gasteiger partial charge in [0, 0.05) is 16.5 Å². The van der Waals surface area contributed by atoms with Crippen molar-refractivity contribution in [2.24, 2.45) is 0 Å². The summed E-state index contributed by atoms with van der Waals surface area (Å²) in [6.07, 6.45) is 17.5. The van der Waals surface area contributed by atoms with E-state index in [9.17, 15) is 0 Å². The third-order valence-corrected chi connectivity index (χ3v) is 5.38. The van der Waals surface area contributed by atoms with E-state index in [4.69, 9.17) is 12.8 Å². The Kier molecular flexibility index (Phi) is 4.51. The van der Waals surface area contributed by atoms with Gasteiger partial charge in [0.15, 0.2) is 0 Å². The molecule has 2 aromatic carbocycles. The molecule has 0 saturated heterocycles. The summed E-state index contributed by atoms with van der Waals surface area (Å²) in [5, 5.41) is 0. The highest BCUT2D eigenvalue weighted by molar-refractivity contribution is 5.82. The van der Waals surface area contributed by atoms with Crippen LogP contribution in [0.3, 0.4) is 0 Å². The Hall–Kier alpha value is -2.44. The van der Waals surface area contributed by atoms with E-state index >= 15 is 0 Å². The molecule has 0 radical (unpaired) electrons. The van der Waals surface area contributed by atoms with Gasteiger partial charge in [0.05, 0.1) is 0 Å². The van der Waals surface area contributed by atoms with Crippen molar-refractivity contribution in [1.29, 1.82) is 0 Å². The molecule has 0 unspecified atom stereocenters. The van der Waals surface area contributed by atoms with E-state index in [1.165, 1.54) is 47.9 Å². The van der Waals surface area contributed by atoms with Crippen molar-refractivity contribution in [3.63, 3.8) is 0 Å². The Morgan fingerprint density at radius 2 is 1.38 bits per heavy atom. The first kappa shape index (κ1) is 16.4. The van der Waals surface area contributed by atoms with Gasteiger partial charge in [-0.2, -0.15) is 0 Å². The Morgan fingerprint density at radius 3 is 1.83 bits per heavy atom. The van der Waals surface area contributed by atoms with Crippen molar-refractivity contribution in [3.8, 4) is 35.8 Å². The van der Waals surface area contributed by atoms with E-state index in [0.717, 1.165) is 17.5 Å². The van der Waals surface area contributed by atoms with Crippen molar-refractivity contribution in [2.75, 3.05) is 0 Å². The molecule has 0 bridgehead atoms. The number of terminal acetylenes is 2. The van der Waals surface area contributed by atoms with Crippen molar-refractivity contribution in [3.05, 3.63) is 58.7 Å². The van der Waals surface area contributed by atoms with E-state index in [1.807, 2.05) is 12.1 Å². The third-order valence-electron chi connectivity index (χ3n) is 5.38. The van der Waals surface area contributed by atoms with Crippen LogP contribution in [0.4, 0.5) is 0 Å². The molecule has 24 heavy (non-hydrogen) atoms. The average molecular weight is 312 g/mol. The highest BCUT2D eigenvalue weighted by Crippen LogP contribution is 2.51. The van der Waals surface area contributed by atoms with Crippen LogP contribution in [0.5, 0.6) is 0 Å². The van der Waals surface area contributed by atoms with Gasteiger partial charge in [-0.05, 0) is 52.9 Å². The minimum absolute atomic E-state index is 0.00186. The molecular weight excluding hydrogens is 288 g/mol. The van der Waals surface area contributed by atoms with Crippen molar-refractivity contribution in [2.45, 2.75) is 51.4 Å². The number of benzene rings is 2. The second-order valence-corrected chi connectivity index (χ2v) is 6.95. The molecule has 0 fully saturated rings. The van der Waals surface area contributed by atoms with E-state index < -0.39 is 0 Å². The summed E-state index contributed by atoms with van der Waals surface area (Å²) in [5.74, 6) is 5.58. The van der Waals surface area contributed by atoms with Crippen molar-refractivity contribution >= 4 is 0 Å². The fourth-order valence-corrected chi connectivity index (χ4v) is 3.97. The maximum atomic E-state index is 5.65. The van der Waals surface area contributed by atoms with Gasteiger partial charge < -0.3 is 0 Å². The Balaban J connectivity index is 2.10. The number of fused-ring (bicyclic) bond motifs is 3. The molecule has 1 aliphatic carbocycles. The van der Waals surface area contributed by atoms with Crippen LogP contribution in [0.25, 0.3) is 11.1 Å². The fourth-order valence-electron chi connectivity index (χ4n) is 3.97. The van der Waals surface area contributed by atoms with Crippen LogP contribution in [-0.4, -0.2) is 0 Å². The molecule has 0 saturated carbocycles. The van der Waals surface area contributed by atoms with Gasteiger partial charge in [0.1, 0.15) is 0 Å². The first-order valence-electron chi connectivity index (χ1n) is 8.86. The van der Waals surface area contributed by atoms with E-state index in [-0.39, 0.29) is 5.41 Å². The van der Waals surface area contributed by atoms with Crippen LogP contribution in [0.15, 0.2) is 36.4 Å². The lowest BCUT2D eigenvalue weighted by Gasteiger charge is -2.28. The van der Waals surface area contributed by atoms with Gasteiger partial charge in [-0.15, -0.1) is 12.8 Å². The normalized spacial score (nSPS) is 13.7. The van der Waals surface area contributed by atoms with Gasteiger partial charge in [-0.1, -0.05) is 63.5 Å². The maximum Gasteiger partial charge on any atom is 0.0246 e.